The van der Waals surface area contributed by atoms with Gasteiger partial charge >= 0.3 is 17.1 Å². The van der Waals surface area contributed by atoms with Crippen LogP contribution in [0.3, 0.4) is 0 Å². The Balaban J connectivity index is 1.97. The maximum atomic E-state index is 11.8. The molecule has 0 atom stereocenters. The Kier molecular flexibility index (Phi) is 10.9. The van der Waals surface area contributed by atoms with Crippen molar-refractivity contribution < 1.29 is 18.1 Å². The Bertz CT molecular complexity index is 1010. The highest BCUT2D eigenvalue weighted by atomic mass is 28.5. The summed E-state index contributed by atoms with van der Waals surface area (Å²) < 4.78 is 20.7. The topological polar surface area (TPSA) is 47.9 Å². The van der Waals surface area contributed by atoms with Crippen LogP contribution in [0.15, 0.2) is 91.0 Å². The smallest absolute Gasteiger partial charge is 0.334 e. The molecule has 0 fully saturated rings. The van der Waals surface area contributed by atoms with Crippen LogP contribution in [0.5, 0.6) is 0 Å². The van der Waals surface area contributed by atoms with Gasteiger partial charge in [-0.05, 0) is 38.9 Å². The van der Waals surface area contributed by atoms with Crippen molar-refractivity contribution in [2.75, 3.05) is 13.2 Å². The Labute approximate surface area is 238 Å². The number of hydrogen-bond acceptors (Lipinski definition) is 4. The minimum atomic E-state index is -3.02. The molecule has 0 unspecified atom stereocenters. The average Bonchev–Trinajstić information content (AvgIpc) is 2.93. The summed E-state index contributed by atoms with van der Waals surface area (Å²) in [7, 11) is -5.84. The van der Waals surface area contributed by atoms with Crippen molar-refractivity contribution in [1.29, 1.82) is 0 Å². The number of hydrogen-bond donors (Lipinski definition) is 1. The Hall–Kier alpha value is -2.07. The molecule has 39 heavy (non-hydrogen) atoms. The fraction of sp³-hybridized carbons (Fsp3) is 0.455. The molecule has 3 rings (SSSR count). The molecule has 0 radical (unpaired) electrons. The highest BCUT2D eigenvalue weighted by Gasteiger charge is 2.54. The maximum Gasteiger partial charge on any atom is 0.334 e. The molecule has 0 saturated carbocycles. The van der Waals surface area contributed by atoms with Crippen molar-refractivity contribution in [3.63, 3.8) is 0 Å². The molecule has 0 aliphatic heterocycles. The third-order valence-electron chi connectivity index (χ3n) is 7.86. The molecule has 0 aliphatic carbocycles. The van der Waals surface area contributed by atoms with E-state index in [9.17, 15) is 4.80 Å². The van der Waals surface area contributed by atoms with Crippen molar-refractivity contribution in [1.82, 2.24) is 0 Å². The maximum absolute atomic E-state index is 11.8. The predicted octanol–water partition coefficient (Wildman–Crippen LogP) is 8.55. The van der Waals surface area contributed by atoms with E-state index in [2.05, 4.69) is 128 Å². The first kappa shape index (κ1) is 31.5. The lowest BCUT2D eigenvalue weighted by molar-refractivity contribution is -0.00828. The first-order valence-electron chi connectivity index (χ1n) is 14.4. The monoisotopic (exact) mass is 564 g/mol. The summed E-state index contributed by atoms with van der Waals surface area (Å²) in [5.74, 6) is 0. The molecule has 0 heterocycles. The van der Waals surface area contributed by atoms with Crippen LogP contribution < -0.4 is 0 Å². The van der Waals surface area contributed by atoms with Gasteiger partial charge in [-0.15, -0.1) is 0 Å². The van der Waals surface area contributed by atoms with Gasteiger partial charge in [0.25, 0.3) is 0 Å². The Morgan fingerprint density at radius 2 is 0.923 bits per heavy atom. The standard InChI is InChI=1S/C33H48O4Si2/c1-26(2)38(34,27(3)4)37-39(28(5)6,29(7)8)36-25-24-35-33(30-18-12-9-13-19-30,31-20-14-10-15-21-31)32-22-16-11-17-23-32/h9-23,26-29,34H,24-25H2,1-8H3. The van der Waals surface area contributed by atoms with E-state index in [0.29, 0.717) is 13.2 Å². The van der Waals surface area contributed by atoms with Gasteiger partial charge in [0.2, 0.25) is 0 Å². The van der Waals surface area contributed by atoms with Crippen LogP contribution in [-0.2, 0) is 18.9 Å². The largest absolute Gasteiger partial charge is 0.414 e. The van der Waals surface area contributed by atoms with E-state index >= 15 is 0 Å². The van der Waals surface area contributed by atoms with E-state index < -0.39 is 22.7 Å². The molecular formula is C33H48O4Si2. The Morgan fingerprint density at radius 1 is 0.564 bits per heavy atom. The number of benzene rings is 3. The zero-order valence-electron chi connectivity index (χ0n) is 25.1. The molecule has 1 N–H and O–H groups in total. The van der Waals surface area contributed by atoms with Gasteiger partial charge in [0.05, 0.1) is 13.2 Å². The molecule has 4 nitrogen and oxygen atoms in total. The predicted molar refractivity (Wildman–Crippen MR) is 166 cm³/mol. The van der Waals surface area contributed by atoms with Crippen molar-refractivity contribution >= 4 is 17.1 Å². The SMILES string of the molecule is CC(C)[Si](O)(O[Si](OCCOC(c1ccccc1)(c1ccccc1)c1ccccc1)(C(C)C)C(C)C)C(C)C. The molecule has 3 aromatic rings. The van der Waals surface area contributed by atoms with Crippen molar-refractivity contribution in [3.05, 3.63) is 108 Å². The average molecular weight is 565 g/mol. The molecule has 0 aromatic heterocycles. The lowest BCUT2D eigenvalue weighted by atomic mass is 9.80. The summed E-state index contributed by atoms with van der Waals surface area (Å²) in [5.41, 5.74) is 2.91. The number of ether oxygens (including phenoxy) is 1. The van der Waals surface area contributed by atoms with E-state index in [-0.39, 0.29) is 22.2 Å². The minimum Gasteiger partial charge on any atom is -0.414 e. The van der Waals surface area contributed by atoms with Gasteiger partial charge < -0.3 is 18.1 Å². The third kappa shape index (κ3) is 6.64. The van der Waals surface area contributed by atoms with Crippen molar-refractivity contribution in [2.24, 2.45) is 0 Å². The summed E-state index contributed by atoms with van der Waals surface area (Å²) in [6.45, 7) is 17.7. The highest BCUT2D eigenvalue weighted by molar-refractivity contribution is 6.83. The van der Waals surface area contributed by atoms with E-state index in [1.165, 1.54) is 0 Å². The van der Waals surface area contributed by atoms with Crippen molar-refractivity contribution in [3.8, 4) is 0 Å². The highest BCUT2D eigenvalue weighted by Crippen LogP contribution is 2.43. The second-order valence-electron chi connectivity index (χ2n) is 11.7. The molecule has 6 heteroatoms. The fourth-order valence-corrected chi connectivity index (χ4v) is 15.4. The summed E-state index contributed by atoms with van der Waals surface area (Å²) in [4.78, 5) is 11.8. The second-order valence-corrected chi connectivity index (χ2v) is 20.3. The zero-order valence-corrected chi connectivity index (χ0v) is 27.1. The van der Waals surface area contributed by atoms with Crippen LogP contribution in [0.4, 0.5) is 0 Å². The van der Waals surface area contributed by atoms with Gasteiger partial charge in [0.1, 0.15) is 5.60 Å². The van der Waals surface area contributed by atoms with E-state index in [1.54, 1.807) is 0 Å². The van der Waals surface area contributed by atoms with E-state index in [4.69, 9.17) is 13.3 Å². The van der Waals surface area contributed by atoms with Gasteiger partial charge in [0.15, 0.2) is 0 Å². The molecule has 0 aliphatic rings. The van der Waals surface area contributed by atoms with Crippen molar-refractivity contribution in [2.45, 2.75) is 83.2 Å². The van der Waals surface area contributed by atoms with Crippen LogP contribution in [0.25, 0.3) is 0 Å². The van der Waals surface area contributed by atoms with Gasteiger partial charge in [-0.2, -0.15) is 0 Å². The van der Waals surface area contributed by atoms with Gasteiger partial charge in [-0.1, -0.05) is 146 Å². The quantitative estimate of drug-likeness (QED) is 0.121. The molecule has 0 bridgehead atoms. The van der Waals surface area contributed by atoms with Crippen LogP contribution in [0.2, 0.25) is 22.2 Å². The van der Waals surface area contributed by atoms with Gasteiger partial charge in [0, 0.05) is 0 Å². The van der Waals surface area contributed by atoms with E-state index in [1.807, 2.05) is 18.2 Å². The lowest BCUT2D eigenvalue weighted by Crippen LogP contribution is -2.60. The molecule has 0 saturated heterocycles. The second kappa shape index (κ2) is 13.5. The van der Waals surface area contributed by atoms with Crippen LogP contribution in [-0.4, -0.2) is 35.1 Å². The zero-order chi connectivity index (χ0) is 28.7. The lowest BCUT2D eigenvalue weighted by Gasteiger charge is -2.46. The summed E-state index contributed by atoms with van der Waals surface area (Å²) >= 11 is 0. The minimum absolute atomic E-state index is 0.0728. The normalized spacial score (nSPS) is 13.2. The first-order valence-corrected chi connectivity index (χ1v) is 18.4. The first-order chi connectivity index (χ1) is 18.5. The fourth-order valence-electron chi connectivity index (χ4n) is 5.59. The van der Waals surface area contributed by atoms with Crippen LogP contribution in [0, 0.1) is 0 Å². The molecule has 212 valence electrons. The summed E-state index contributed by atoms with van der Waals surface area (Å²) in [5, 5.41) is 0. The summed E-state index contributed by atoms with van der Waals surface area (Å²) in [6.07, 6.45) is 0. The third-order valence-corrected chi connectivity index (χ3v) is 17.6. The molecule has 0 amide bonds. The molecule has 0 spiro atoms. The summed E-state index contributed by atoms with van der Waals surface area (Å²) in [6, 6.07) is 31.2. The van der Waals surface area contributed by atoms with Gasteiger partial charge in [-0.25, -0.2) is 0 Å². The molecular weight excluding hydrogens is 517 g/mol. The van der Waals surface area contributed by atoms with E-state index in [0.717, 1.165) is 16.7 Å². The van der Waals surface area contributed by atoms with Crippen LogP contribution >= 0.6 is 0 Å². The molecule has 3 aromatic carbocycles. The van der Waals surface area contributed by atoms with Gasteiger partial charge in [-0.3, -0.25) is 0 Å². The number of rotatable bonds is 14. The Morgan fingerprint density at radius 3 is 1.23 bits per heavy atom. The van der Waals surface area contributed by atoms with Crippen LogP contribution in [0.1, 0.15) is 72.1 Å².